The molecule has 1 aromatic rings. The van der Waals surface area contributed by atoms with Crippen LogP contribution in [-0.4, -0.2) is 34.6 Å². The van der Waals surface area contributed by atoms with Crippen LogP contribution in [0.4, 0.5) is 11.6 Å². The van der Waals surface area contributed by atoms with Gasteiger partial charge >= 0.3 is 0 Å². The average Bonchev–Trinajstić information content (AvgIpc) is 2.91. The normalized spacial score (nSPS) is 18.6. The number of aromatic nitrogens is 2. The lowest BCUT2D eigenvalue weighted by atomic mass is 10.1. The van der Waals surface area contributed by atoms with Crippen LogP contribution in [0.25, 0.3) is 0 Å². The van der Waals surface area contributed by atoms with Gasteiger partial charge in [-0.05, 0) is 44.1 Å². The Kier molecular flexibility index (Phi) is 5.31. The second-order valence-corrected chi connectivity index (χ2v) is 6.28. The van der Waals surface area contributed by atoms with Gasteiger partial charge in [-0.15, -0.1) is 0 Å². The van der Waals surface area contributed by atoms with Gasteiger partial charge in [0.1, 0.15) is 17.5 Å². The fourth-order valence-corrected chi connectivity index (χ4v) is 3.49. The summed E-state index contributed by atoms with van der Waals surface area (Å²) in [5.74, 6) is 6.15. The number of thioether (sulfide) groups is 1. The van der Waals surface area contributed by atoms with Gasteiger partial charge in [0.25, 0.3) is 0 Å². The zero-order valence-corrected chi connectivity index (χ0v) is 12.9. The van der Waals surface area contributed by atoms with Gasteiger partial charge in [0, 0.05) is 18.7 Å². The van der Waals surface area contributed by atoms with Crippen LogP contribution in [0, 0.1) is 19.8 Å². The topological polar surface area (TPSA) is 49.8 Å². The van der Waals surface area contributed by atoms with Crippen LogP contribution in [0.1, 0.15) is 31.2 Å². The summed E-state index contributed by atoms with van der Waals surface area (Å²) in [7, 11) is 0. The maximum atomic E-state index is 4.53. The van der Waals surface area contributed by atoms with E-state index in [1.54, 1.807) is 0 Å². The Morgan fingerprint density at radius 2 is 1.95 bits per heavy atom. The van der Waals surface area contributed by atoms with E-state index in [9.17, 15) is 0 Å². The lowest BCUT2D eigenvalue weighted by Gasteiger charge is -2.15. The Labute approximate surface area is 120 Å². The van der Waals surface area contributed by atoms with Gasteiger partial charge in [0.15, 0.2) is 0 Å². The minimum absolute atomic E-state index is 0.784. The standard InChI is InChI=1S/C14H24N4S/c1-4-6-15-13-10(2)14(18-11(3)17-13)16-8-12-5-7-19-9-12/h12H,4-9H2,1-3H3,(H2,15,16,17,18). The Bertz CT molecular complexity index is 416. The van der Waals surface area contributed by atoms with E-state index in [0.29, 0.717) is 0 Å². The molecule has 1 unspecified atom stereocenters. The highest BCUT2D eigenvalue weighted by Crippen LogP contribution is 2.25. The van der Waals surface area contributed by atoms with Crippen molar-refractivity contribution in [1.82, 2.24) is 9.97 Å². The molecule has 1 aliphatic rings. The lowest BCUT2D eigenvalue weighted by molar-refractivity contribution is 0.630. The van der Waals surface area contributed by atoms with E-state index in [4.69, 9.17) is 0 Å². The summed E-state index contributed by atoms with van der Waals surface area (Å²) in [6.45, 7) is 8.18. The Morgan fingerprint density at radius 1 is 1.21 bits per heavy atom. The molecular weight excluding hydrogens is 256 g/mol. The molecular formula is C14H24N4S. The van der Waals surface area contributed by atoms with E-state index in [1.807, 2.05) is 6.92 Å². The maximum Gasteiger partial charge on any atom is 0.134 e. The number of aryl methyl sites for hydroxylation is 1. The zero-order chi connectivity index (χ0) is 13.7. The number of anilines is 2. The Hall–Kier alpha value is -0.970. The molecule has 1 aliphatic heterocycles. The minimum Gasteiger partial charge on any atom is -0.370 e. The highest BCUT2D eigenvalue weighted by molar-refractivity contribution is 7.99. The second kappa shape index (κ2) is 6.98. The lowest BCUT2D eigenvalue weighted by Crippen LogP contribution is -2.16. The van der Waals surface area contributed by atoms with Gasteiger partial charge in [-0.2, -0.15) is 11.8 Å². The first-order chi connectivity index (χ1) is 9.20. The molecule has 4 nitrogen and oxygen atoms in total. The molecule has 1 fully saturated rings. The fraction of sp³-hybridized carbons (Fsp3) is 0.714. The zero-order valence-electron chi connectivity index (χ0n) is 12.1. The molecule has 0 bridgehead atoms. The third kappa shape index (κ3) is 4.00. The van der Waals surface area contributed by atoms with Crippen LogP contribution in [0.3, 0.4) is 0 Å². The van der Waals surface area contributed by atoms with Crippen molar-refractivity contribution in [2.75, 3.05) is 35.2 Å². The van der Waals surface area contributed by atoms with Crippen molar-refractivity contribution in [2.45, 2.75) is 33.6 Å². The van der Waals surface area contributed by atoms with Crippen molar-refractivity contribution in [3.63, 3.8) is 0 Å². The Balaban J connectivity index is 2.03. The third-order valence-corrected chi connectivity index (χ3v) is 4.61. The first-order valence-corrected chi connectivity index (χ1v) is 8.27. The number of hydrogen-bond donors (Lipinski definition) is 2. The molecule has 0 aromatic carbocycles. The van der Waals surface area contributed by atoms with Gasteiger partial charge < -0.3 is 10.6 Å². The van der Waals surface area contributed by atoms with Crippen molar-refractivity contribution < 1.29 is 0 Å². The molecule has 0 radical (unpaired) electrons. The van der Waals surface area contributed by atoms with Crippen molar-refractivity contribution in [3.8, 4) is 0 Å². The molecule has 2 N–H and O–H groups in total. The first kappa shape index (κ1) is 14.4. The highest BCUT2D eigenvalue weighted by Gasteiger charge is 2.16. The molecule has 19 heavy (non-hydrogen) atoms. The van der Waals surface area contributed by atoms with Crippen molar-refractivity contribution >= 4 is 23.4 Å². The van der Waals surface area contributed by atoms with Crippen LogP contribution >= 0.6 is 11.8 Å². The van der Waals surface area contributed by atoms with Crippen molar-refractivity contribution in [1.29, 1.82) is 0 Å². The predicted octanol–water partition coefficient (Wildman–Crippen LogP) is 3.08. The summed E-state index contributed by atoms with van der Waals surface area (Å²) < 4.78 is 0. The summed E-state index contributed by atoms with van der Waals surface area (Å²) in [6, 6.07) is 0. The van der Waals surface area contributed by atoms with Crippen LogP contribution in [0.2, 0.25) is 0 Å². The van der Waals surface area contributed by atoms with E-state index in [-0.39, 0.29) is 0 Å². The quantitative estimate of drug-likeness (QED) is 0.838. The molecule has 1 saturated heterocycles. The van der Waals surface area contributed by atoms with Gasteiger partial charge in [-0.1, -0.05) is 6.92 Å². The van der Waals surface area contributed by atoms with E-state index in [1.165, 1.54) is 17.9 Å². The third-order valence-electron chi connectivity index (χ3n) is 3.38. The van der Waals surface area contributed by atoms with Crippen LogP contribution in [0.15, 0.2) is 0 Å². The summed E-state index contributed by atoms with van der Waals surface area (Å²) in [6.07, 6.45) is 2.42. The smallest absolute Gasteiger partial charge is 0.134 e. The number of hydrogen-bond acceptors (Lipinski definition) is 5. The largest absolute Gasteiger partial charge is 0.370 e. The molecule has 1 atom stereocenters. The molecule has 106 valence electrons. The first-order valence-electron chi connectivity index (χ1n) is 7.11. The molecule has 0 aliphatic carbocycles. The SMILES string of the molecule is CCCNc1nc(C)nc(NCC2CCSC2)c1C. The van der Waals surface area contributed by atoms with Gasteiger partial charge in [0.2, 0.25) is 0 Å². The molecule has 2 heterocycles. The van der Waals surface area contributed by atoms with Crippen LogP contribution < -0.4 is 10.6 Å². The summed E-state index contributed by atoms with van der Waals surface area (Å²) >= 11 is 2.05. The summed E-state index contributed by atoms with van der Waals surface area (Å²) in [5.41, 5.74) is 1.13. The number of nitrogens with one attached hydrogen (secondary N) is 2. The van der Waals surface area contributed by atoms with E-state index >= 15 is 0 Å². The van der Waals surface area contributed by atoms with E-state index < -0.39 is 0 Å². The summed E-state index contributed by atoms with van der Waals surface area (Å²) in [5, 5.41) is 6.88. The molecule has 0 amide bonds. The minimum atomic E-state index is 0.784. The predicted molar refractivity (Wildman–Crippen MR) is 84.2 cm³/mol. The molecule has 0 spiro atoms. The molecule has 2 rings (SSSR count). The van der Waals surface area contributed by atoms with Crippen molar-refractivity contribution in [2.24, 2.45) is 5.92 Å². The summed E-state index contributed by atoms with van der Waals surface area (Å²) in [4.78, 5) is 9.02. The van der Waals surface area contributed by atoms with Gasteiger partial charge in [0.05, 0.1) is 0 Å². The Morgan fingerprint density at radius 3 is 2.58 bits per heavy atom. The molecule has 5 heteroatoms. The van der Waals surface area contributed by atoms with E-state index in [2.05, 4.69) is 46.2 Å². The molecule has 1 aromatic heterocycles. The number of nitrogens with zero attached hydrogens (tertiary/aromatic N) is 2. The second-order valence-electron chi connectivity index (χ2n) is 5.13. The number of rotatable bonds is 6. The maximum absolute atomic E-state index is 4.53. The van der Waals surface area contributed by atoms with E-state index in [0.717, 1.165) is 48.5 Å². The van der Waals surface area contributed by atoms with Gasteiger partial charge in [-0.3, -0.25) is 0 Å². The monoisotopic (exact) mass is 280 g/mol. The van der Waals surface area contributed by atoms with Gasteiger partial charge in [-0.25, -0.2) is 9.97 Å². The fourth-order valence-electron chi connectivity index (χ4n) is 2.20. The van der Waals surface area contributed by atoms with Crippen LogP contribution in [-0.2, 0) is 0 Å². The highest BCUT2D eigenvalue weighted by atomic mass is 32.2. The molecule has 0 saturated carbocycles. The van der Waals surface area contributed by atoms with Crippen LogP contribution in [0.5, 0.6) is 0 Å². The average molecular weight is 280 g/mol. The van der Waals surface area contributed by atoms with Crippen molar-refractivity contribution in [3.05, 3.63) is 11.4 Å².